The third-order valence-electron chi connectivity index (χ3n) is 3.66. The van der Waals surface area contributed by atoms with Crippen LogP contribution < -0.4 is 10.1 Å². The normalized spacial score (nSPS) is 11.9. The van der Waals surface area contributed by atoms with E-state index in [0.29, 0.717) is 12.1 Å². The molecule has 148 valence electrons. The number of halogens is 5. The van der Waals surface area contributed by atoms with Crippen molar-refractivity contribution in [3.63, 3.8) is 0 Å². The van der Waals surface area contributed by atoms with Gasteiger partial charge in [-0.2, -0.15) is 13.2 Å². The van der Waals surface area contributed by atoms with E-state index in [1.54, 1.807) is 0 Å². The average molecular weight is 417 g/mol. The van der Waals surface area contributed by atoms with Gasteiger partial charge in [0, 0.05) is 18.0 Å². The lowest BCUT2D eigenvalue weighted by molar-refractivity contribution is -0.137. The van der Waals surface area contributed by atoms with E-state index in [2.05, 4.69) is 5.32 Å². The van der Waals surface area contributed by atoms with Crippen molar-refractivity contribution < 1.29 is 32.2 Å². The number of aromatic carboxylic acids is 1. The Morgan fingerprint density at radius 1 is 1.29 bits per heavy atom. The Morgan fingerprint density at radius 2 is 1.96 bits per heavy atom. The summed E-state index contributed by atoms with van der Waals surface area (Å²) in [5, 5.41) is 19.0. The molecule has 0 saturated heterocycles. The molecule has 0 unspecified atom stereocenters. The maximum Gasteiger partial charge on any atom is 0.416 e. The number of nitrogens with one attached hydrogen (secondary N) is 2. The fraction of sp³-hybridized carbons (Fsp3) is 0.111. The zero-order chi connectivity index (χ0) is 21.1. The van der Waals surface area contributed by atoms with Gasteiger partial charge in [0.05, 0.1) is 23.3 Å². The lowest BCUT2D eigenvalue weighted by Gasteiger charge is -2.14. The van der Waals surface area contributed by atoms with E-state index in [9.17, 15) is 22.4 Å². The summed E-state index contributed by atoms with van der Waals surface area (Å²) in [5.41, 5.74) is -1.39. The first kappa shape index (κ1) is 21.2. The van der Waals surface area contributed by atoms with Crippen LogP contribution >= 0.6 is 11.6 Å². The molecule has 0 aliphatic carbocycles. The van der Waals surface area contributed by atoms with Gasteiger partial charge in [0.15, 0.2) is 5.82 Å². The van der Waals surface area contributed by atoms with Crippen LogP contribution in [0.5, 0.6) is 5.75 Å². The van der Waals surface area contributed by atoms with E-state index in [0.717, 1.165) is 19.5 Å². The van der Waals surface area contributed by atoms with Crippen molar-refractivity contribution in [2.45, 2.75) is 6.18 Å². The molecule has 3 N–H and O–H groups in total. The van der Waals surface area contributed by atoms with Gasteiger partial charge < -0.3 is 20.6 Å². The summed E-state index contributed by atoms with van der Waals surface area (Å²) in [4.78, 5) is 11.2. The second kappa shape index (κ2) is 8.30. The van der Waals surface area contributed by atoms with Gasteiger partial charge in [0.25, 0.3) is 0 Å². The first-order valence-corrected chi connectivity index (χ1v) is 7.91. The van der Waals surface area contributed by atoms with Gasteiger partial charge in [-0.15, -0.1) is 0 Å². The van der Waals surface area contributed by atoms with Crippen molar-refractivity contribution in [2.24, 2.45) is 0 Å². The van der Waals surface area contributed by atoms with Crippen molar-refractivity contribution in [1.82, 2.24) is 0 Å². The number of carboxylic acids is 1. The number of ether oxygens (including phenoxy) is 1. The van der Waals surface area contributed by atoms with Gasteiger partial charge in [0.1, 0.15) is 11.4 Å². The molecule has 0 aliphatic rings. The Hall–Kier alpha value is -3.07. The van der Waals surface area contributed by atoms with E-state index in [-0.39, 0.29) is 27.4 Å². The minimum atomic E-state index is -4.75. The molecule has 0 atom stereocenters. The van der Waals surface area contributed by atoms with E-state index in [1.807, 2.05) is 0 Å². The minimum Gasteiger partial charge on any atom is -0.494 e. The molecule has 2 rings (SSSR count). The van der Waals surface area contributed by atoms with Crippen molar-refractivity contribution >= 4 is 35.0 Å². The molecular weight excluding hydrogens is 404 g/mol. The van der Waals surface area contributed by atoms with Crippen LogP contribution in [0.3, 0.4) is 0 Å². The van der Waals surface area contributed by atoms with Crippen LogP contribution in [0.2, 0.25) is 5.02 Å². The summed E-state index contributed by atoms with van der Waals surface area (Å²) in [7, 11) is 1.08. The number of methoxy groups -OCH3 is 1. The number of hydrogen-bond donors (Lipinski definition) is 3. The fourth-order valence-electron chi connectivity index (χ4n) is 2.27. The van der Waals surface area contributed by atoms with Crippen molar-refractivity contribution in [1.29, 1.82) is 5.41 Å². The number of hydrogen-bond acceptors (Lipinski definition) is 4. The van der Waals surface area contributed by atoms with E-state index in [4.69, 9.17) is 26.9 Å². The minimum absolute atomic E-state index is 0.0102. The first-order chi connectivity index (χ1) is 13.1. The third-order valence-corrected chi connectivity index (χ3v) is 3.99. The van der Waals surface area contributed by atoms with E-state index < -0.39 is 29.3 Å². The maximum absolute atomic E-state index is 14.2. The summed E-state index contributed by atoms with van der Waals surface area (Å²) < 4.78 is 57.4. The maximum atomic E-state index is 14.2. The molecule has 0 saturated carbocycles. The summed E-state index contributed by atoms with van der Waals surface area (Å²) in [6, 6.07) is 4.91. The summed E-state index contributed by atoms with van der Waals surface area (Å²) in [6.45, 7) is 0. The van der Waals surface area contributed by atoms with Crippen molar-refractivity contribution in [3.05, 3.63) is 64.1 Å². The van der Waals surface area contributed by atoms with Gasteiger partial charge in [0.2, 0.25) is 0 Å². The number of rotatable bonds is 6. The monoisotopic (exact) mass is 416 g/mol. The molecule has 0 spiro atoms. The molecule has 28 heavy (non-hydrogen) atoms. The van der Waals surface area contributed by atoms with Gasteiger partial charge in [-0.1, -0.05) is 17.7 Å². The summed E-state index contributed by atoms with van der Waals surface area (Å²) in [5.74, 6) is -2.88. The molecule has 5 nitrogen and oxygen atoms in total. The van der Waals surface area contributed by atoms with E-state index in [1.165, 1.54) is 18.2 Å². The quantitative estimate of drug-likeness (QED) is 0.440. The zero-order valence-corrected chi connectivity index (χ0v) is 15.0. The number of carboxylic acid groups (broad SMARTS) is 1. The lowest BCUT2D eigenvalue weighted by Crippen LogP contribution is -2.08. The number of alkyl halides is 3. The second-order valence-electron chi connectivity index (χ2n) is 5.42. The molecule has 0 radical (unpaired) electrons. The Morgan fingerprint density at radius 3 is 2.50 bits per heavy atom. The molecule has 10 heteroatoms. The standard InChI is InChI=1S/C18H13ClF4N2O3/c1-28-15-6-11(18(21,22)23)5-14(20)16(15)25-8-10(7-24)9-2-3-13(19)12(4-9)17(26)27/h2-8,24-25H,1H3,(H,26,27)/b10-8+,24-7?. The highest BCUT2D eigenvalue weighted by Gasteiger charge is 2.32. The van der Waals surface area contributed by atoms with Crippen LogP contribution in [0.1, 0.15) is 21.5 Å². The largest absolute Gasteiger partial charge is 0.494 e. The number of anilines is 1. The average Bonchev–Trinajstić information content (AvgIpc) is 2.62. The number of allylic oxidation sites excluding steroid dienone is 1. The number of benzene rings is 2. The third kappa shape index (κ3) is 4.61. The number of carbonyl (C=O) groups is 1. The molecule has 0 aliphatic heterocycles. The fourth-order valence-corrected chi connectivity index (χ4v) is 2.47. The second-order valence-corrected chi connectivity index (χ2v) is 5.83. The first-order valence-electron chi connectivity index (χ1n) is 7.53. The summed E-state index contributed by atoms with van der Waals surface area (Å²) in [6.07, 6.45) is -2.76. The van der Waals surface area contributed by atoms with Crippen molar-refractivity contribution in [2.75, 3.05) is 12.4 Å². The van der Waals surface area contributed by atoms with Crippen LogP contribution in [0.25, 0.3) is 5.57 Å². The van der Waals surface area contributed by atoms with Gasteiger partial charge in [-0.05, 0) is 29.8 Å². The van der Waals surface area contributed by atoms with Crippen LogP contribution in [0, 0.1) is 11.2 Å². The predicted molar refractivity (Wildman–Crippen MR) is 96.7 cm³/mol. The topological polar surface area (TPSA) is 82.4 Å². The summed E-state index contributed by atoms with van der Waals surface area (Å²) >= 11 is 5.79. The highest BCUT2D eigenvalue weighted by Crippen LogP contribution is 2.37. The van der Waals surface area contributed by atoms with Crippen LogP contribution in [0.4, 0.5) is 23.2 Å². The highest BCUT2D eigenvalue weighted by molar-refractivity contribution is 6.33. The van der Waals surface area contributed by atoms with Crippen LogP contribution in [-0.2, 0) is 6.18 Å². The van der Waals surface area contributed by atoms with Gasteiger partial charge in [-0.3, -0.25) is 0 Å². The molecule has 2 aromatic rings. The zero-order valence-electron chi connectivity index (χ0n) is 14.2. The molecule has 2 aromatic carbocycles. The molecule has 0 heterocycles. The van der Waals surface area contributed by atoms with Crippen LogP contribution in [-0.4, -0.2) is 24.4 Å². The Bertz CT molecular complexity index is 959. The highest BCUT2D eigenvalue weighted by atomic mass is 35.5. The lowest BCUT2D eigenvalue weighted by atomic mass is 10.0. The molecule has 0 fully saturated rings. The van der Waals surface area contributed by atoms with Crippen molar-refractivity contribution in [3.8, 4) is 5.75 Å². The van der Waals surface area contributed by atoms with Crippen LogP contribution in [0.15, 0.2) is 36.5 Å². The molecule has 0 aromatic heterocycles. The van der Waals surface area contributed by atoms with Gasteiger partial charge in [-0.25, -0.2) is 9.18 Å². The SMILES string of the molecule is COc1cc(C(F)(F)F)cc(F)c1N/C=C(\C=N)c1ccc(Cl)c(C(=O)O)c1. The Kier molecular flexibility index (Phi) is 6.30. The van der Waals surface area contributed by atoms with Gasteiger partial charge >= 0.3 is 12.1 Å². The smallest absolute Gasteiger partial charge is 0.416 e. The van der Waals surface area contributed by atoms with E-state index >= 15 is 0 Å². The Balaban J connectivity index is 2.44. The molecule has 0 bridgehead atoms. The Labute approximate surface area is 161 Å². The molecular formula is C18H13ClF4N2O3. The molecule has 0 amide bonds. The predicted octanol–water partition coefficient (Wildman–Crippen LogP) is 5.31.